The molecule has 5 heteroatoms. The van der Waals surface area contributed by atoms with E-state index in [9.17, 15) is 5.11 Å². The molecule has 2 aromatic carbocycles. The molecule has 3 nitrogen and oxygen atoms in total. The first-order valence-corrected chi connectivity index (χ1v) is 10.3. The fourth-order valence-corrected chi connectivity index (χ4v) is 3.66. The molecule has 0 radical (unpaired) electrons. The lowest BCUT2D eigenvalue weighted by Crippen LogP contribution is -2.07. The summed E-state index contributed by atoms with van der Waals surface area (Å²) in [6.45, 7) is 9.48. The molecule has 0 unspecified atom stereocenters. The first-order chi connectivity index (χ1) is 12.3. The number of hydrogen-bond donors (Lipinski definition) is 1. The monoisotopic (exact) mass is 484 g/mol. The maximum absolute atomic E-state index is 9.30. The Kier molecular flexibility index (Phi) is 8.30. The zero-order valence-electron chi connectivity index (χ0n) is 15.6. The topological polar surface area (TPSA) is 42.0 Å². The second-order valence-electron chi connectivity index (χ2n) is 6.56. The lowest BCUT2D eigenvalue weighted by Gasteiger charge is -2.15. The molecule has 0 saturated carbocycles. The summed E-state index contributed by atoms with van der Waals surface area (Å²) in [4.78, 5) is 0. The summed E-state index contributed by atoms with van der Waals surface area (Å²) >= 11 is 7.01. The van der Waals surface area contributed by atoms with Crippen LogP contribution in [0, 0.1) is 13.8 Å². The number of hydrogen-bond acceptors (Lipinski definition) is 3. The summed E-state index contributed by atoms with van der Waals surface area (Å²) in [5.41, 5.74) is 4.55. The van der Waals surface area contributed by atoms with E-state index in [0.29, 0.717) is 12.7 Å². The van der Waals surface area contributed by atoms with Gasteiger partial charge in [0.15, 0.2) is 0 Å². The van der Waals surface area contributed by atoms with E-state index in [0.717, 1.165) is 26.7 Å². The van der Waals surface area contributed by atoms with Gasteiger partial charge in [0.2, 0.25) is 0 Å². The van der Waals surface area contributed by atoms with Gasteiger partial charge in [-0.25, -0.2) is 0 Å². The van der Waals surface area contributed by atoms with Crippen LogP contribution < -0.4 is 0 Å². The number of ether oxygens (including phenoxy) is 2. The van der Waals surface area contributed by atoms with Crippen LogP contribution in [0.3, 0.4) is 0 Å². The zero-order chi connectivity index (χ0) is 19.3. The van der Waals surface area contributed by atoms with Crippen LogP contribution in [-0.2, 0) is 9.47 Å². The Labute approximate surface area is 173 Å². The van der Waals surface area contributed by atoms with Crippen molar-refractivity contribution in [2.24, 2.45) is 0 Å². The van der Waals surface area contributed by atoms with Crippen LogP contribution in [-0.4, -0.2) is 24.4 Å². The van der Waals surface area contributed by atoms with Crippen molar-refractivity contribution in [2.75, 3.05) is 13.2 Å². The Bertz CT molecular complexity index is 727. The number of halogens is 2. The van der Waals surface area contributed by atoms with E-state index in [2.05, 4.69) is 63.9 Å². The third kappa shape index (κ3) is 6.17. The summed E-state index contributed by atoms with van der Waals surface area (Å²) in [7, 11) is 0. The Morgan fingerprint density at radius 2 is 1.54 bits per heavy atom. The number of benzene rings is 2. The van der Waals surface area contributed by atoms with Crippen molar-refractivity contribution in [3.63, 3.8) is 0 Å². The predicted molar refractivity (Wildman–Crippen MR) is 112 cm³/mol. The maximum atomic E-state index is 9.30. The van der Waals surface area contributed by atoms with E-state index in [1.165, 1.54) is 11.1 Å². The van der Waals surface area contributed by atoms with Crippen molar-refractivity contribution in [2.45, 2.75) is 46.0 Å². The SMILES string of the molecule is Cc1cccc([C@@H](C)O)c1Br.Cc1cccc([C@@H](C)OC[C@H]2CO2)c1Br. The van der Waals surface area contributed by atoms with E-state index in [1.807, 2.05) is 25.1 Å². The van der Waals surface area contributed by atoms with E-state index < -0.39 is 6.10 Å². The molecule has 0 spiro atoms. The van der Waals surface area contributed by atoms with Gasteiger partial charge in [0, 0.05) is 8.95 Å². The largest absolute Gasteiger partial charge is 0.389 e. The molecule has 1 aliphatic rings. The summed E-state index contributed by atoms with van der Waals surface area (Å²) in [5, 5.41) is 9.30. The fraction of sp³-hybridized carbons (Fsp3) is 0.429. The number of aliphatic hydroxyl groups is 1. The third-order valence-corrected chi connectivity index (χ3v) is 6.43. The van der Waals surface area contributed by atoms with Crippen LogP contribution in [0.4, 0.5) is 0 Å². The van der Waals surface area contributed by atoms with Gasteiger partial charge in [0.1, 0.15) is 6.10 Å². The fourth-order valence-electron chi connectivity index (χ4n) is 2.48. The van der Waals surface area contributed by atoms with Crippen LogP contribution in [0.25, 0.3) is 0 Å². The molecule has 0 aliphatic carbocycles. The van der Waals surface area contributed by atoms with Gasteiger partial charge in [-0.15, -0.1) is 0 Å². The first-order valence-electron chi connectivity index (χ1n) is 8.72. The highest BCUT2D eigenvalue weighted by molar-refractivity contribution is 9.10. The maximum Gasteiger partial charge on any atom is 0.104 e. The Morgan fingerprint density at radius 3 is 2.00 bits per heavy atom. The van der Waals surface area contributed by atoms with Crippen LogP contribution >= 0.6 is 31.9 Å². The molecule has 1 heterocycles. The first kappa shape index (κ1) is 21.6. The van der Waals surface area contributed by atoms with Crippen molar-refractivity contribution >= 4 is 31.9 Å². The van der Waals surface area contributed by atoms with Crippen molar-refractivity contribution in [3.05, 3.63) is 67.6 Å². The normalized spacial score (nSPS) is 17.9. The van der Waals surface area contributed by atoms with Gasteiger partial charge >= 0.3 is 0 Å². The highest BCUT2D eigenvalue weighted by Gasteiger charge is 2.24. The summed E-state index contributed by atoms with van der Waals surface area (Å²) in [6, 6.07) is 12.1. The van der Waals surface area contributed by atoms with Gasteiger partial charge in [-0.3, -0.25) is 0 Å². The van der Waals surface area contributed by atoms with Gasteiger partial charge in [0.05, 0.1) is 25.4 Å². The van der Waals surface area contributed by atoms with Crippen LogP contribution in [0.1, 0.15) is 48.3 Å². The lowest BCUT2D eigenvalue weighted by molar-refractivity contribution is 0.0535. The second kappa shape index (κ2) is 10.00. The number of aliphatic hydroxyl groups excluding tert-OH is 1. The summed E-state index contributed by atoms with van der Waals surface area (Å²) in [6.07, 6.45) is 0.0452. The molecule has 2 aromatic rings. The van der Waals surface area contributed by atoms with Crippen LogP contribution in [0.5, 0.6) is 0 Å². The van der Waals surface area contributed by atoms with Gasteiger partial charge in [-0.2, -0.15) is 0 Å². The molecule has 0 bridgehead atoms. The van der Waals surface area contributed by atoms with Gasteiger partial charge in [-0.05, 0) is 49.9 Å². The number of epoxide rings is 1. The number of rotatable bonds is 5. The minimum atomic E-state index is -0.399. The molecule has 1 aliphatic heterocycles. The zero-order valence-corrected chi connectivity index (χ0v) is 18.8. The molecule has 1 saturated heterocycles. The van der Waals surface area contributed by atoms with E-state index in [-0.39, 0.29) is 6.10 Å². The van der Waals surface area contributed by atoms with Gasteiger partial charge in [-0.1, -0.05) is 68.3 Å². The van der Waals surface area contributed by atoms with Crippen molar-refractivity contribution < 1.29 is 14.6 Å². The molecular formula is C21H26Br2O3. The van der Waals surface area contributed by atoms with Crippen molar-refractivity contribution in [3.8, 4) is 0 Å². The molecule has 3 atom stereocenters. The standard InChI is InChI=1S/C12H15BrO2.C9H11BrO/c1-8-4-3-5-11(12(8)13)9(2)14-6-10-7-15-10;1-6-4-3-5-8(7(2)11)9(6)10/h3-5,9-10H,6-7H2,1-2H3;3-5,7,11H,1-2H3/t9-,10+;7-/m11/s1. The van der Waals surface area contributed by atoms with Crippen LogP contribution in [0.2, 0.25) is 0 Å². The lowest BCUT2D eigenvalue weighted by atomic mass is 10.1. The molecular weight excluding hydrogens is 460 g/mol. The van der Waals surface area contributed by atoms with E-state index in [1.54, 1.807) is 6.92 Å². The average molecular weight is 486 g/mol. The highest BCUT2D eigenvalue weighted by Crippen LogP contribution is 2.29. The van der Waals surface area contributed by atoms with Crippen LogP contribution in [0.15, 0.2) is 45.3 Å². The molecule has 1 N–H and O–H groups in total. The van der Waals surface area contributed by atoms with Crippen molar-refractivity contribution in [1.82, 2.24) is 0 Å². The summed E-state index contributed by atoms with van der Waals surface area (Å²) in [5.74, 6) is 0. The smallest absolute Gasteiger partial charge is 0.104 e. The quantitative estimate of drug-likeness (QED) is 0.524. The second-order valence-corrected chi connectivity index (χ2v) is 8.15. The van der Waals surface area contributed by atoms with E-state index >= 15 is 0 Å². The summed E-state index contributed by atoms with van der Waals surface area (Å²) < 4.78 is 13.0. The molecule has 142 valence electrons. The molecule has 3 rings (SSSR count). The third-order valence-electron chi connectivity index (χ3n) is 4.27. The molecule has 0 aromatic heterocycles. The van der Waals surface area contributed by atoms with Crippen molar-refractivity contribution in [1.29, 1.82) is 0 Å². The minimum absolute atomic E-state index is 0.114. The Morgan fingerprint density at radius 1 is 1.04 bits per heavy atom. The van der Waals surface area contributed by atoms with Gasteiger partial charge < -0.3 is 14.6 Å². The minimum Gasteiger partial charge on any atom is -0.389 e. The average Bonchev–Trinajstić information content (AvgIpc) is 3.42. The predicted octanol–water partition coefficient (Wildman–Crippen LogP) is 6.04. The highest BCUT2D eigenvalue weighted by atomic mass is 79.9. The molecule has 26 heavy (non-hydrogen) atoms. The molecule has 0 amide bonds. The Hall–Kier alpha value is -0.720. The number of aryl methyl sites for hydroxylation is 2. The Balaban J connectivity index is 0.000000197. The van der Waals surface area contributed by atoms with Gasteiger partial charge in [0.25, 0.3) is 0 Å². The van der Waals surface area contributed by atoms with E-state index in [4.69, 9.17) is 9.47 Å². The molecule has 1 fully saturated rings.